The minimum Gasteiger partial charge on any atom is -0.206 e. The summed E-state index contributed by atoms with van der Waals surface area (Å²) >= 11 is 0. The highest BCUT2D eigenvalue weighted by atomic mass is 19.2. The molecule has 0 saturated heterocycles. The van der Waals surface area contributed by atoms with Crippen molar-refractivity contribution in [3.05, 3.63) is 45.1 Å². The van der Waals surface area contributed by atoms with Gasteiger partial charge in [-0.25, -0.2) is 22.0 Å². The van der Waals surface area contributed by atoms with Crippen molar-refractivity contribution in [1.29, 1.82) is 10.5 Å². The fourth-order valence-electron chi connectivity index (χ4n) is 2.61. The van der Waals surface area contributed by atoms with Crippen molar-refractivity contribution in [3.63, 3.8) is 0 Å². The molecule has 0 unspecified atom stereocenters. The van der Waals surface area contributed by atoms with Crippen molar-refractivity contribution >= 4 is 21.9 Å². The van der Waals surface area contributed by atoms with Crippen LogP contribution in [0.4, 0.5) is 22.0 Å². The van der Waals surface area contributed by atoms with Crippen molar-refractivity contribution in [2.75, 3.05) is 0 Å². The molecule has 0 aliphatic heterocycles. The molecule has 24 heavy (non-hydrogen) atoms. The SMILES string of the molecule is CC(C)=c1c(C)c(F)c2c(F)c(=C(C#N)C#N)c(F)c(F)c2c1F. The third-order valence-electron chi connectivity index (χ3n) is 3.66. The second kappa shape index (κ2) is 5.93. The van der Waals surface area contributed by atoms with Crippen molar-refractivity contribution in [2.45, 2.75) is 20.8 Å². The zero-order chi connectivity index (χ0) is 18.3. The van der Waals surface area contributed by atoms with E-state index in [0.717, 1.165) is 0 Å². The van der Waals surface area contributed by atoms with Crippen LogP contribution in [0, 0.1) is 58.7 Å². The van der Waals surface area contributed by atoms with Gasteiger partial charge in [0, 0.05) is 5.22 Å². The number of fused-ring (bicyclic) bond motifs is 1. The van der Waals surface area contributed by atoms with Crippen LogP contribution in [0.25, 0.3) is 21.9 Å². The molecule has 2 aromatic carbocycles. The fraction of sp³-hybridized carbons (Fsp3) is 0.176. The lowest BCUT2D eigenvalue weighted by Crippen LogP contribution is -2.24. The zero-order valence-electron chi connectivity index (χ0n) is 12.8. The van der Waals surface area contributed by atoms with Crippen molar-refractivity contribution in [2.24, 2.45) is 0 Å². The quantitative estimate of drug-likeness (QED) is 0.548. The number of nitriles is 2. The van der Waals surface area contributed by atoms with Crippen molar-refractivity contribution in [1.82, 2.24) is 0 Å². The number of hydrogen-bond acceptors (Lipinski definition) is 2. The summed E-state index contributed by atoms with van der Waals surface area (Å²) in [6.07, 6.45) is 0. The fourth-order valence-corrected chi connectivity index (χ4v) is 2.61. The lowest BCUT2D eigenvalue weighted by Gasteiger charge is -2.11. The first-order chi connectivity index (χ1) is 11.2. The number of rotatable bonds is 0. The third-order valence-corrected chi connectivity index (χ3v) is 3.66. The van der Waals surface area contributed by atoms with Crippen LogP contribution in [0.3, 0.4) is 0 Å². The highest BCUT2D eigenvalue weighted by molar-refractivity contribution is 5.88. The van der Waals surface area contributed by atoms with Gasteiger partial charge >= 0.3 is 0 Å². The average molecular weight is 336 g/mol. The van der Waals surface area contributed by atoms with Gasteiger partial charge in [0.25, 0.3) is 0 Å². The number of hydrogen-bond donors (Lipinski definition) is 0. The monoisotopic (exact) mass is 336 g/mol. The molecule has 0 bridgehead atoms. The molecule has 2 nitrogen and oxygen atoms in total. The van der Waals surface area contributed by atoms with E-state index in [9.17, 15) is 22.0 Å². The first-order valence-electron chi connectivity index (χ1n) is 6.64. The van der Waals surface area contributed by atoms with Gasteiger partial charge in [-0.2, -0.15) is 10.5 Å². The lowest BCUT2D eigenvalue weighted by molar-refractivity contribution is 0.488. The molecule has 0 radical (unpaired) electrons. The van der Waals surface area contributed by atoms with Crippen LogP contribution in [0.5, 0.6) is 0 Å². The van der Waals surface area contributed by atoms with Gasteiger partial charge in [-0.1, -0.05) is 5.57 Å². The van der Waals surface area contributed by atoms with Crippen LogP contribution in [0.15, 0.2) is 0 Å². The number of halogens is 5. The molecule has 2 aromatic rings. The third kappa shape index (κ3) is 2.21. The van der Waals surface area contributed by atoms with Gasteiger partial charge < -0.3 is 0 Å². The summed E-state index contributed by atoms with van der Waals surface area (Å²) in [6, 6.07) is 2.42. The molecule has 0 amide bonds. The van der Waals surface area contributed by atoms with Gasteiger partial charge in [0.2, 0.25) is 0 Å². The molecule has 0 atom stereocenters. The zero-order valence-corrected chi connectivity index (χ0v) is 12.8. The largest absolute Gasteiger partial charge is 0.206 e. The predicted molar refractivity (Wildman–Crippen MR) is 77.1 cm³/mol. The molecule has 0 heterocycles. The van der Waals surface area contributed by atoms with E-state index in [1.165, 1.54) is 32.9 Å². The minimum absolute atomic E-state index is 0.282. The molecule has 0 N–H and O–H groups in total. The van der Waals surface area contributed by atoms with Gasteiger partial charge in [-0.05, 0) is 26.3 Å². The second-order valence-electron chi connectivity index (χ2n) is 5.29. The standard InChI is InChI=1S/C17H9F5N2/c1-6(2)9-7(3)13(18)11-12(14(9)19)17(22)16(21)10(15(11)20)8(4-23)5-24/h1-3H3. The Morgan fingerprint density at radius 2 is 1.17 bits per heavy atom. The summed E-state index contributed by atoms with van der Waals surface area (Å²) in [5, 5.41) is 13.6. The summed E-state index contributed by atoms with van der Waals surface area (Å²) in [5.41, 5.74) is -1.08. The Morgan fingerprint density at radius 1 is 0.708 bits per heavy atom. The summed E-state index contributed by atoms with van der Waals surface area (Å²) in [7, 11) is 0. The van der Waals surface area contributed by atoms with Crippen LogP contribution in [-0.2, 0) is 0 Å². The van der Waals surface area contributed by atoms with Crippen LogP contribution >= 0.6 is 0 Å². The van der Waals surface area contributed by atoms with Crippen LogP contribution < -0.4 is 10.4 Å². The van der Waals surface area contributed by atoms with Gasteiger partial charge in [-0.3, -0.25) is 0 Å². The van der Waals surface area contributed by atoms with E-state index in [4.69, 9.17) is 10.5 Å². The van der Waals surface area contributed by atoms with E-state index in [-0.39, 0.29) is 16.4 Å². The van der Waals surface area contributed by atoms with Gasteiger partial charge in [0.1, 0.15) is 35.2 Å². The Bertz CT molecular complexity index is 1080. The summed E-state index contributed by atoms with van der Waals surface area (Å²) in [5.74, 6) is -8.05. The smallest absolute Gasteiger partial charge is 0.171 e. The first-order valence-corrected chi connectivity index (χ1v) is 6.64. The van der Waals surface area contributed by atoms with Crippen LogP contribution in [0.1, 0.15) is 19.4 Å². The highest BCUT2D eigenvalue weighted by Gasteiger charge is 2.26. The Labute approximate surface area is 133 Å². The molecule has 0 saturated carbocycles. The minimum atomic E-state index is -1.92. The molecule has 122 valence electrons. The predicted octanol–water partition coefficient (Wildman–Crippen LogP) is 3.23. The van der Waals surface area contributed by atoms with Crippen LogP contribution in [0.2, 0.25) is 0 Å². The summed E-state index contributed by atoms with van der Waals surface area (Å²) < 4.78 is 72.1. The maximum absolute atomic E-state index is 14.6. The van der Waals surface area contributed by atoms with Crippen molar-refractivity contribution < 1.29 is 22.0 Å². The Kier molecular flexibility index (Phi) is 4.31. The van der Waals surface area contributed by atoms with Gasteiger partial charge in [0.15, 0.2) is 11.6 Å². The van der Waals surface area contributed by atoms with Crippen molar-refractivity contribution in [3.8, 4) is 12.1 Å². The number of nitrogens with zero attached hydrogens (tertiary/aromatic N) is 2. The van der Waals surface area contributed by atoms with E-state index in [2.05, 4.69) is 0 Å². The van der Waals surface area contributed by atoms with E-state index < -0.39 is 50.7 Å². The van der Waals surface area contributed by atoms with E-state index in [0.29, 0.717) is 0 Å². The molecular formula is C17H9F5N2. The molecule has 7 heteroatoms. The maximum atomic E-state index is 14.6. The Balaban J connectivity index is 3.44. The molecule has 0 aliphatic carbocycles. The Hall–Kier alpha value is -2.93. The van der Waals surface area contributed by atoms with E-state index in [1.54, 1.807) is 0 Å². The normalized spacial score (nSPS) is 10.4. The molecule has 0 fully saturated rings. The summed E-state index contributed by atoms with van der Waals surface area (Å²) in [6.45, 7) is 4.04. The molecule has 2 rings (SSSR count). The van der Waals surface area contributed by atoms with Gasteiger partial charge in [-0.15, -0.1) is 0 Å². The second-order valence-corrected chi connectivity index (χ2v) is 5.29. The maximum Gasteiger partial charge on any atom is 0.171 e. The molecule has 0 aliphatic rings. The average Bonchev–Trinajstić information content (AvgIpc) is 2.52. The van der Waals surface area contributed by atoms with Gasteiger partial charge in [0.05, 0.1) is 16.0 Å². The molecule has 0 spiro atoms. The molecule has 0 aromatic heterocycles. The lowest BCUT2D eigenvalue weighted by atomic mass is 9.98. The summed E-state index contributed by atoms with van der Waals surface area (Å²) in [4.78, 5) is 0. The molecular weight excluding hydrogens is 327 g/mol. The Morgan fingerprint density at radius 3 is 1.62 bits per heavy atom. The van der Waals surface area contributed by atoms with E-state index in [1.807, 2.05) is 0 Å². The number of benzene rings is 2. The topological polar surface area (TPSA) is 47.6 Å². The van der Waals surface area contributed by atoms with E-state index >= 15 is 0 Å². The highest BCUT2D eigenvalue weighted by Crippen LogP contribution is 2.27. The van der Waals surface area contributed by atoms with Crippen LogP contribution in [-0.4, -0.2) is 0 Å². The first kappa shape index (κ1) is 17.4.